The summed E-state index contributed by atoms with van der Waals surface area (Å²) in [5.41, 5.74) is 2.32. The summed E-state index contributed by atoms with van der Waals surface area (Å²) in [5, 5.41) is 5.75. The molecule has 0 unspecified atom stereocenters. The van der Waals surface area contributed by atoms with Crippen LogP contribution in [-0.4, -0.2) is 4.57 Å². The highest BCUT2D eigenvalue weighted by Crippen LogP contribution is 2.17. The molecule has 2 rings (SSSR count). The number of hydrogen-bond donors (Lipinski definition) is 1. The zero-order valence-corrected chi connectivity index (χ0v) is 9.89. The van der Waals surface area contributed by atoms with Crippen LogP contribution in [0.3, 0.4) is 0 Å². The van der Waals surface area contributed by atoms with E-state index in [2.05, 4.69) is 22.6 Å². The van der Waals surface area contributed by atoms with Crippen LogP contribution in [0.15, 0.2) is 40.8 Å². The molecule has 1 heterocycles. The quantitative estimate of drug-likeness (QED) is 0.602. The molecule has 1 aromatic heterocycles. The third-order valence-electron chi connectivity index (χ3n) is 2.10. The van der Waals surface area contributed by atoms with Crippen LogP contribution < -0.4 is 10.6 Å². The Bertz CT molecular complexity index is 487. The lowest BCUT2D eigenvalue weighted by Gasteiger charge is -2.01. The number of nitrogens with zero attached hydrogens (tertiary/aromatic N) is 2. The van der Waals surface area contributed by atoms with Gasteiger partial charge in [-0.05, 0) is 5.56 Å². The van der Waals surface area contributed by atoms with Crippen molar-refractivity contribution in [3.05, 3.63) is 40.5 Å². The van der Waals surface area contributed by atoms with Gasteiger partial charge in [0.15, 0.2) is 0 Å². The van der Waals surface area contributed by atoms with E-state index in [9.17, 15) is 0 Å². The van der Waals surface area contributed by atoms with E-state index in [0.717, 1.165) is 10.5 Å². The number of benzene rings is 1. The van der Waals surface area contributed by atoms with Crippen LogP contribution in [-0.2, 0) is 7.05 Å². The molecular formula is C10H12ClN3S. The fourth-order valence-corrected chi connectivity index (χ4v) is 2.19. The van der Waals surface area contributed by atoms with Crippen molar-refractivity contribution in [1.82, 2.24) is 4.57 Å². The van der Waals surface area contributed by atoms with Crippen LogP contribution in [0.25, 0.3) is 11.3 Å². The predicted molar refractivity (Wildman–Crippen MR) is 65.7 cm³/mol. The smallest absolute Gasteiger partial charge is 0.207 e. The van der Waals surface area contributed by atoms with Crippen molar-refractivity contribution in [2.24, 2.45) is 18.0 Å². The number of aromatic nitrogens is 1. The number of halogens is 1. The molecular weight excluding hydrogens is 230 g/mol. The SMILES string of the molecule is Cl.Cn1c(-c2ccccc2)csc1=NN. The van der Waals surface area contributed by atoms with Crippen molar-refractivity contribution < 1.29 is 0 Å². The third kappa shape index (κ3) is 2.22. The number of thiazole rings is 1. The van der Waals surface area contributed by atoms with Crippen LogP contribution in [0.4, 0.5) is 0 Å². The van der Waals surface area contributed by atoms with E-state index in [1.807, 2.05) is 29.8 Å². The Morgan fingerprint density at radius 3 is 2.47 bits per heavy atom. The number of rotatable bonds is 1. The molecule has 0 radical (unpaired) electrons. The van der Waals surface area contributed by atoms with Gasteiger partial charge in [-0.1, -0.05) is 30.3 Å². The van der Waals surface area contributed by atoms with Crippen LogP contribution >= 0.6 is 23.7 Å². The number of nitrogens with two attached hydrogens (primary N) is 1. The fraction of sp³-hybridized carbons (Fsp3) is 0.100. The van der Waals surface area contributed by atoms with Crippen LogP contribution in [0.5, 0.6) is 0 Å². The first kappa shape index (κ1) is 11.8. The molecule has 80 valence electrons. The Balaban J connectivity index is 0.00000112. The molecule has 0 amide bonds. The molecule has 0 aliphatic heterocycles. The van der Waals surface area contributed by atoms with E-state index < -0.39 is 0 Å². The first-order chi connectivity index (χ1) is 6.83. The predicted octanol–water partition coefficient (Wildman–Crippen LogP) is 1.95. The van der Waals surface area contributed by atoms with Gasteiger partial charge in [0.05, 0.1) is 5.69 Å². The highest BCUT2D eigenvalue weighted by atomic mass is 35.5. The standard InChI is InChI=1S/C10H11N3S.ClH/c1-13-9(7-14-10(13)12-11)8-5-3-2-4-6-8;/h2-7H,11H2,1H3;1H. The van der Waals surface area contributed by atoms with Crippen molar-refractivity contribution in [3.8, 4) is 11.3 Å². The Morgan fingerprint density at radius 1 is 1.27 bits per heavy atom. The molecule has 0 saturated carbocycles. The average Bonchev–Trinajstić information content (AvgIpc) is 2.61. The molecule has 0 atom stereocenters. The van der Waals surface area contributed by atoms with Crippen LogP contribution in [0, 0.1) is 0 Å². The maximum atomic E-state index is 5.26. The van der Waals surface area contributed by atoms with Gasteiger partial charge < -0.3 is 10.4 Å². The van der Waals surface area contributed by atoms with Gasteiger partial charge in [-0.25, -0.2) is 0 Å². The van der Waals surface area contributed by atoms with E-state index in [1.165, 1.54) is 5.56 Å². The molecule has 2 aromatic rings. The summed E-state index contributed by atoms with van der Waals surface area (Å²) in [6.07, 6.45) is 0. The molecule has 3 nitrogen and oxygen atoms in total. The first-order valence-corrected chi connectivity index (χ1v) is 5.15. The van der Waals surface area contributed by atoms with Gasteiger partial charge in [-0.2, -0.15) is 5.10 Å². The topological polar surface area (TPSA) is 43.3 Å². The average molecular weight is 242 g/mol. The monoisotopic (exact) mass is 241 g/mol. The van der Waals surface area contributed by atoms with Crippen molar-refractivity contribution in [2.45, 2.75) is 0 Å². The maximum Gasteiger partial charge on any atom is 0.207 e. The van der Waals surface area contributed by atoms with Crippen LogP contribution in [0.2, 0.25) is 0 Å². The minimum Gasteiger partial charge on any atom is -0.320 e. The summed E-state index contributed by atoms with van der Waals surface area (Å²) in [7, 11) is 1.96. The molecule has 2 N–H and O–H groups in total. The fourth-order valence-electron chi connectivity index (χ4n) is 1.36. The lowest BCUT2D eigenvalue weighted by molar-refractivity contribution is 0.862. The van der Waals surface area contributed by atoms with E-state index >= 15 is 0 Å². The van der Waals surface area contributed by atoms with Gasteiger partial charge in [0.25, 0.3) is 0 Å². The molecule has 0 aliphatic carbocycles. The third-order valence-corrected chi connectivity index (χ3v) is 3.04. The van der Waals surface area contributed by atoms with E-state index in [1.54, 1.807) is 11.3 Å². The van der Waals surface area contributed by atoms with Crippen molar-refractivity contribution >= 4 is 23.7 Å². The first-order valence-electron chi connectivity index (χ1n) is 4.27. The second-order valence-electron chi connectivity index (χ2n) is 2.96. The zero-order valence-electron chi connectivity index (χ0n) is 8.25. The maximum absolute atomic E-state index is 5.26. The van der Waals surface area contributed by atoms with Crippen molar-refractivity contribution in [2.75, 3.05) is 0 Å². The molecule has 0 fully saturated rings. The minimum absolute atomic E-state index is 0. The molecule has 0 aliphatic rings. The Labute approximate surface area is 98.3 Å². The lowest BCUT2D eigenvalue weighted by atomic mass is 10.2. The molecule has 0 spiro atoms. The van der Waals surface area contributed by atoms with Gasteiger partial charge in [0.2, 0.25) is 4.80 Å². The zero-order chi connectivity index (χ0) is 9.97. The minimum atomic E-state index is 0. The Kier molecular flexibility index (Phi) is 3.94. The summed E-state index contributed by atoms with van der Waals surface area (Å²) in [6.45, 7) is 0. The largest absolute Gasteiger partial charge is 0.320 e. The Morgan fingerprint density at radius 2 is 1.93 bits per heavy atom. The summed E-state index contributed by atoms with van der Waals surface area (Å²) in [4.78, 5) is 0.823. The summed E-state index contributed by atoms with van der Waals surface area (Å²) in [5.74, 6) is 5.26. The Hall–Kier alpha value is -1.26. The summed E-state index contributed by atoms with van der Waals surface area (Å²) in [6, 6.07) is 10.2. The second-order valence-corrected chi connectivity index (χ2v) is 3.79. The van der Waals surface area contributed by atoms with Gasteiger partial charge in [-0.15, -0.1) is 23.7 Å². The van der Waals surface area contributed by atoms with Gasteiger partial charge in [0.1, 0.15) is 0 Å². The van der Waals surface area contributed by atoms with E-state index in [-0.39, 0.29) is 12.4 Å². The number of hydrogen-bond acceptors (Lipinski definition) is 3. The molecule has 0 saturated heterocycles. The van der Waals surface area contributed by atoms with Gasteiger partial charge in [-0.3, -0.25) is 0 Å². The van der Waals surface area contributed by atoms with E-state index in [0.29, 0.717) is 0 Å². The highest BCUT2D eigenvalue weighted by Gasteiger charge is 2.02. The van der Waals surface area contributed by atoms with Gasteiger partial charge in [0, 0.05) is 12.4 Å². The molecule has 0 bridgehead atoms. The van der Waals surface area contributed by atoms with Crippen molar-refractivity contribution in [3.63, 3.8) is 0 Å². The second kappa shape index (κ2) is 5.00. The summed E-state index contributed by atoms with van der Waals surface area (Å²) < 4.78 is 1.99. The normalized spacial score (nSPS) is 11.1. The van der Waals surface area contributed by atoms with Crippen molar-refractivity contribution in [1.29, 1.82) is 0 Å². The van der Waals surface area contributed by atoms with E-state index in [4.69, 9.17) is 5.84 Å². The molecule has 15 heavy (non-hydrogen) atoms. The van der Waals surface area contributed by atoms with Gasteiger partial charge >= 0.3 is 0 Å². The lowest BCUT2D eigenvalue weighted by Crippen LogP contribution is -2.13. The highest BCUT2D eigenvalue weighted by molar-refractivity contribution is 7.07. The molecule has 1 aromatic carbocycles. The molecule has 5 heteroatoms. The van der Waals surface area contributed by atoms with Crippen LogP contribution in [0.1, 0.15) is 0 Å². The summed E-state index contributed by atoms with van der Waals surface area (Å²) >= 11 is 1.54.